The number of halogens is 2. The van der Waals surface area contributed by atoms with E-state index in [1.165, 1.54) is 18.3 Å². The van der Waals surface area contributed by atoms with E-state index in [1.54, 1.807) is 11.0 Å². The molecule has 230 valence electrons. The fourth-order valence-electron chi connectivity index (χ4n) is 6.18. The first kappa shape index (κ1) is 29.9. The van der Waals surface area contributed by atoms with Crippen LogP contribution in [0.3, 0.4) is 0 Å². The minimum atomic E-state index is -0.933. The van der Waals surface area contributed by atoms with Gasteiger partial charge in [0.1, 0.15) is 17.3 Å². The second-order valence-electron chi connectivity index (χ2n) is 11.9. The third-order valence-corrected chi connectivity index (χ3v) is 8.67. The SMILES string of the molecule is O=C(c1cc2c(CN3CCC(O)(CN4CCCC4=O)CC3)cn(Cc3ccc(F)cc3F)c2cn1)N(O)Cc1ccccc1. The lowest BCUT2D eigenvalue weighted by molar-refractivity contribution is -0.132. The largest absolute Gasteiger partial charge is 0.388 e. The number of hydrogen-bond donors (Lipinski definition) is 2. The molecule has 2 aliphatic heterocycles. The lowest BCUT2D eigenvalue weighted by Crippen LogP contribution is -2.51. The first-order valence-corrected chi connectivity index (χ1v) is 14.9. The van der Waals surface area contributed by atoms with Gasteiger partial charge in [-0.15, -0.1) is 0 Å². The Bertz CT molecular complexity index is 1670. The molecule has 0 spiro atoms. The van der Waals surface area contributed by atoms with Gasteiger partial charge in [-0.2, -0.15) is 0 Å². The zero-order valence-electron chi connectivity index (χ0n) is 24.3. The van der Waals surface area contributed by atoms with Crippen LogP contribution in [0.4, 0.5) is 8.78 Å². The summed E-state index contributed by atoms with van der Waals surface area (Å²) < 4.78 is 30.0. The number of fused-ring (bicyclic) bond motifs is 1. The smallest absolute Gasteiger partial charge is 0.296 e. The van der Waals surface area contributed by atoms with E-state index < -0.39 is 23.1 Å². The number of β-amino-alcohol motifs (C(OH)–C–C–N with tert-alkyl or cyclic N) is 1. The summed E-state index contributed by atoms with van der Waals surface area (Å²) in [6.45, 7) is 2.87. The Morgan fingerprint density at radius 3 is 2.48 bits per heavy atom. The zero-order chi connectivity index (χ0) is 30.8. The molecule has 0 atom stereocenters. The third-order valence-electron chi connectivity index (χ3n) is 8.67. The molecule has 4 heterocycles. The molecule has 2 amide bonds. The molecule has 2 fully saturated rings. The molecule has 9 nitrogen and oxygen atoms in total. The summed E-state index contributed by atoms with van der Waals surface area (Å²) in [5.41, 5.74) is 1.72. The number of pyridine rings is 1. The maximum absolute atomic E-state index is 14.6. The summed E-state index contributed by atoms with van der Waals surface area (Å²) in [6.07, 6.45) is 5.81. The average molecular weight is 604 g/mol. The summed E-state index contributed by atoms with van der Waals surface area (Å²) >= 11 is 0. The van der Waals surface area contributed by atoms with Gasteiger partial charge in [-0.3, -0.25) is 19.7 Å². The number of nitrogens with zero attached hydrogens (tertiary/aromatic N) is 5. The van der Waals surface area contributed by atoms with E-state index in [1.807, 2.05) is 41.1 Å². The molecule has 44 heavy (non-hydrogen) atoms. The van der Waals surface area contributed by atoms with Gasteiger partial charge < -0.3 is 14.6 Å². The topological polar surface area (TPSA) is 102 Å². The number of hydroxylamine groups is 2. The van der Waals surface area contributed by atoms with Crippen LogP contribution in [0.25, 0.3) is 10.9 Å². The third kappa shape index (κ3) is 6.50. The molecular formula is C33H35F2N5O4. The number of aliphatic hydroxyl groups is 1. The van der Waals surface area contributed by atoms with Crippen molar-refractivity contribution < 1.29 is 28.7 Å². The van der Waals surface area contributed by atoms with Gasteiger partial charge in [0.15, 0.2) is 0 Å². The number of piperidine rings is 1. The number of carbonyl (C=O) groups is 2. The Kier molecular flexibility index (Phi) is 8.44. The summed E-state index contributed by atoms with van der Waals surface area (Å²) in [7, 11) is 0. The molecule has 2 aromatic carbocycles. The summed E-state index contributed by atoms with van der Waals surface area (Å²) in [5.74, 6) is -1.87. The Morgan fingerprint density at radius 2 is 1.77 bits per heavy atom. The van der Waals surface area contributed by atoms with Gasteiger partial charge in [0, 0.05) is 62.4 Å². The van der Waals surface area contributed by atoms with Crippen LogP contribution >= 0.6 is 0 Å². The molecule has 0 bridgehead atoms. The molecule has 2 N–H and O–H groups in total. The van der Waals surface area contributed by atoms with Crippen LogP contribution in [0.15, 0.2) is 67.0 Å². The van der Waals surface area contributed by atoms with E-state index in [9.17, 15) is 28.7 Å². The first-order valence-electron chi connectivity index (χ1n) is 14.9. The molecular weight excluding hydrogens is 568 g/mol. The minimum Gasteiger partial charge on any atom is -0.388 e. The van der Waals surface area contributed by atoms with Crippen molar-refractivity contribution in [3.63, 3.8) is 0 Å². The lowest BCUT2D eigenvalue weighted by Gasteiger charge is -2.40. The van der Waals surface area contributed by atoms with Gasteiger partial charge in [-0.25, -0.2) is 18.8 Å². The van der Waals surface area contributed by atoms with Crippen LogP contribution in [-0.2, 0) is 24.4 Å². The van der Waals surface area contributed by atoms with E-state index in [4.69, 9.17) is 0 Å². The van der Waals surface area contributed by atoms with Crippen LogP contribution in [0, 0.1) is 11.6 Å². The molecule has 6 rings (SSSR count). The monoisotopic (exact) mass is 603 g/mol. The minimum absolute atomic E-state index is 0.00316. The number of rotatable bonds is 9. The summed E-state index contributed by atoms with van der Waals surface area (Å²) in [6, 6.07) is 14.2. The van der Waals surface area contributed by atoms with Crippen molar-refractivity contribution in [2.24, 2.45) is 0 Å². The number of amides is 2. The second kappa shape index (κ2) is 12.4. The molecule has 11 heteroatoms. The van der Waals surface area contributed by atoms with Crippen LogP contribution < -0.4 is 0 Å². The van der Waals surface area contributed by atoms with Crippen LogP contribution in [0.2, 0.25) is 0 Å². The van der Waals surface area contributed by atoms with Crippen LogP contribution in [0.1, 0.15) is 52.9 Å². The van der Waals surface area contributed by atoms with E-state index in [0.717, 1.165) is 29.0 Å². The van der Waals surface area contributed by atoms with Gasteiger partial charge in [-0.1, -0.05) is 36.4 Å². The molecule has 0 saturated carbocycles. The summed E-state index contributed by atoms with van der Waals surface area (Å²) in [4.78, 5) is 33.6. The predicted molar refractivity (Wildman–Crippen MR) is 159 cm³/mol. The number of benzene rings is 2. The number of likely N-dealkylation sites (tertiary alicyclic amines) is 2. The van der Waals surface area contributed by atoms with Crippen molar-refractivity contribution >= 4 is 22.7 Å². The van der Waals surface area contributed by atoms with Crippen molar-refractivity contribution in [3.8, 4) is 0 Å². The van der Waals surface area contributed by atoms with Crippen molar-refractivity contribution in [2.75, 3.05) is 26.2 Å². The molecule has 0 unspecified atom stereocenters. The van der Waals surface area contributed by atoms with Crippen molar-refractivity contribution in [3.05, 3.63) is 101 Å². The molecule has 2 aliphatic rings. The van der Waals surface area contributed by atoms with Crippen molar-refractivity contribution in [2.45, 2.75) is 50.9 Å². The van der Waals surface area contributed by atoms with Gasteiger partial charge in [0.25, 0.3) is 5.91 Å². The number of carbonyl (C=O) groups excluding carboxylic acids is 2. The Morgan fingerprint density at radius 1 is 1.00 bits per heavy atom. The van der Waals surface area contributed by atoms with Crippen molar-refractivity contribution in [1.82, 2.24) is 24.4 Å². The highest BCUT2D eigenvalue weighted by Crippen LogP contribution is 2.30. The van der Waals surface area contributed by atoms with E-state index in [2.05, 4.69) is 9.88 Å². The normalized spacial score (nSPS) is 17.0. The fraction of sp³-hybridized carbons (Fsp3) is 0.364. The van der Waals surface area contributed by atoms with Gasteiger partial charge >= 0.3 is 0 Å². The van der Waals surface area contributed by atoms with Gasteiger partial charge in [-0.05, 0) is 42.5 Å². The zero-order valence-corrected chi connectivity index (χ0v) is 24.3. The highest BCUT2D eigenvalue weighted by molar-refractivity contribution is 5.96. The first-order chi connectivity index (χ1) is 21.2. The molecule has 2 aromatic heterocycles. The lowest BCUT2D eigenvalue weighted by atomic mass is 9.90. The van der Waals surface area contributed by atoms with Crippen LogP contribution in [0.5, 0.6) is 0 Å². The Labute approximate surface area is 253 Å². The Hall–Kier alpha value is -4.19. The number of hydrogen-bond acceptors (Lipinski definition) is 6. The van der Waals surface area contributed by atoms with E-state index in [0.29, 0.717) is 68.1 Å². The average Bonchev–Trinajstić information content (AvgIpc) is 3.57. The van der Waals surface area contributed by atoms with Crippen LogP contribution in [-0.4, -0.2) is 78.3 Å². The fourth-order valence-corrected chi connectivity index (χ4v) is 6.18. The standard InChI is InChI=1S/C33H35F2N5O4/c34-26-9-8-24(28(35)15-26)20-39-21-25(19-37-13-10-33(43,11-14-37)22-38-12-4-7-31(38)41)27-16-29(36-17-30(27)39)32(42)40(44)18-23-5-2-1-3-6-23/h1-3,5-6,8-9,15-17,21,43-44H,4,7,10-14,18-20,22H2. The molecule has 0 aliphatic carbocycles. The van der Waals surface area contributed by atoms with Gasteiger partial charge in [0.05, 0.1) is 30.4 Å². The second-order valence-corrected chi connectivity index (χ2v) is 11.9. The highest BCUT2D eigenvalue weighted by Gasteiger charge is 2.36. The highest BCUT2D eigenvalue weighted by atomic mass is 19.1. The maximum atomic E-state index is 14.6. The van der Waals surface area contributed by atoms with Crippen molar-refractivity contribution in [1.29, 1.82) is 0 Å². The quantitative estimate of drug-likeness (QED) is 0.218. The molecule has 0 radical (unpaired) electrons. The van der Waals surface area contributed by atoms with E-state index >= 15 is 0 Å². The maximum Gasteiger partial charge on any atom is 0.296 e. The van der Waals surface area contributed by atoms with E-state index in [-0.39, 0.29) is 24.7 Å². The summed E-state index contributed by atoms with van der Waals surface area (Å²) in [5, 5.41) is 23.1. The van der Waals surface area contributed by atoms with Gasteiger partial charge in [0.2, 0.25) is 5.91 Å². The molecule has 2 saturated heterocycles. The number of aromatic nitrogens is 2. The predicted octanol–water partition coefficient (Wildman–Crippen LogP) is 4.34. The Balaban J connectivity index is 1.24. The molecule has 4 aromatic rings.